The Bertz CT molecular complexity index is 445. The van der Waals surface area contributed by atoms with Crippen LogP contribution in [0.4, 0.5) is 5.69 Å². The predicted octanol–water partition coefficient (Wildman–Crippen LogP) is 5.73. The quantitative estimate of drug-likeness (QED) is 0.231. The van der Waals surface area contributed by atoms with Crippen molar-refractivity contribution < 1.29 is 9.53 Å². The van der Waals surface area contributed by atoms with E-state index in [0.29, 0.717) is 11.4 Å². The van der Waals surface area contributed by atoms with Gasteiger partial charge in [0.15, 0.2) is 0 Å². The number of hydrogen-bond acceptors (Lipinski definition) is 3. The third kappa shape index (κ3) is 8.63. The minimum absolute atomic E-state index is 0.00322. The molecule has 1 unspecified atom stereocenters. The molecule has 0 saturated carbocycles. The van der Waals surface area contributed by atoms with Gasteiger partial charge in [0, 0.05) is 11.8 Å². The van der Waals surface area contributed by atoms with Crippen LogP contribution in [0.25, 0.3) is 0 Å². The number of nitrogen functional groups attached to an aromatic ring is 1. The minimum Gasteiger partial charge on any atom is -0.426 e. The molecule has 0 spiro atoms. The van der Waals surface area contributed by atoms with Crippen molar-refractivity contribution in [3.63, 3.8) is 0 Å². The molecule has 1 aromatic carbocycles. The topological polar surface area (TPSA) is 52.3 Å². The Balaban J connectivity index is 2.21. The molecule has 0 amide bonds. The van der Waals surface area contributed by atoms with Gasteiger partial charge in [-0.25, -0.2) is 0 Å². The van der Waals surface area contributed by atoms with Gasteiger partial charge in [-0.3, -0.25) is 4.79 Å². The van der Waals surface area contributed by atoms with Crippen LogP contribution < -0.4 is 10.5 Å². The second-order valence-corrected chi connectivity index (χ2v) is 6.36. The van der Waals surface area contributed by atoms with Gasteiger partial charge in [0.1, 0.15) is 5.75 Å². The SMILES string of the molecule is CCCCCCCCCCC(CC)C(=O)Oc1cccc(N)c1. The summed E-state index contributed by atoms with van der Waals surface area (Å²) in [6, 6.07) is 7.06. The molecule has 0 aromatic heterocycles. The summed E-state index contributed by atoms with van der Waals surface area (Å²) in [5.41, 5.74) is 6.33. The van der Waals surface area contributed by atoms with Crippen molar-refractivity contribution in [3.05, 3.63) is 24.3 Å². The summed E-state index contributed by atoms with van der Waals surface area (Å²) in [6.07, 6.45) is 12.1. The Labute approximate surface area is 141 Å². The molecule has 130 valence electrons. The molecular formula is C20H33NO2. The molecule has 0 bridgehead atoms. The van der Waals surface area contributed by atoms with Gasteiger partial charge in [-0.2, -0.15) is 0 Å². The first kappa shape index (κ1) is 19.5. The first-order valence-corrected chi connectivity index (χ1v) is 9.24. The Kier molecular flexibility index (Phi) is 10.2. The molecular weight excluding hydrogens is 286 g/mol. The van der Waals surface area contributed by atoms with E-state index < -0.39 is 0 Å². The van der Waals surface area contributed by atoms with Crippen LogP contribution in [0.3, 0.4) is 0 Å². The standard InChI is InChI=1S/C20H33NO2/c1-3-5-6-7-8-9-10-11-13-17(4-2)20(22)23-19-15-12-14-18(21)16-19/h12,14-17H,3-11,13,21H2,1-2H3. The van der Waals surface area contributed by atoms with Crippen LogP contribution in [0, 0.1) is 5.92 Å². The molecule has 0 fully saturated rings. The fourth-order valence-electron chi connectivity index (χ4n) is 2.79. The van der Waals surface area contributed by atoms with Gasteiger partial charge < -0.3 is 10.5 Å². The Morgan fingerprint density at radius 2 is 1.70 bits per heavy atom. The summed E-state index contributed by atoms with van der Waals surface area (Å²) < 4.78 is 5.45. The van der Waals surface area contributed by atoms with Gasteiger partial charge in [0.25, 0.3) is 0 Å². The van der Waals surface area contributed by atoms with E-state index in [9.17, 15) is 4.79 Å². The molecule has 2 N–H and O–H groups in total. The van der Waals surface area contributed by atoms with Gasteiger partial charge in [-0.1, -0.05) is 71.3 Å². The number of esters is 1. The predicted molar refractivity (Wildman–Crippen MR) is 97.5 cm³/mol. The molecule has 0 radical (unpaired) electrons. The highest BCUT2D eigenvalue weighted by Gasteiger charge is 2.18. The van der Waals surface area contributed by atoms with E-state index in [-0.39, 0.29) is 11.9 Å². The lowest BCUT2D eigenvalue weighted by Gasteiger charge is -2.14. The highest BCUT2D eigenvalue weighted by molar-refractivity contribution is 5.75. The maximum absolute atomic E-state index is 12.2. The molecule has 3 heteroatoms. The second kappa shape index (κ2) is 12.0. The van der Waals surface area contributed by atoms with Crippen molar-refractivity contribution in [2.45, 2.75) is 78.1 Å². The first-order valence-electron chi connectivity index (χ1n) is 9.24. The van der Waals surface area contributed by atoms with E-state index in [2.05, 4.69) is 13.8 Å². The molecule has 0 heterocycles. The molecule has 1 atom stereocenters. The average Bonchev–Trinajstić information content (AvgIpc) is 2.53. The Morgan fingerprint density at radius 3 is 2.30 bits per heavy atom. The normalized spacial score (nSPS) is 12.1. The number of benzene rings is 1. The van der Waals surface area contributed by atoms with Gasteiger partial charge in [0.05, 0.1) is 5.92 Å². The van der Waals surface area contributed by atoms with Crippen LogP contribution in [0.15, 0.2) is 24.3 Å². The number of anilines is 1. The zero-order valence-electron chi connectivity index (χ0n) is 14.9. The lowest BCUT2D eigenvalue weighted by Crippen LogP contribution is -2.20. The van der Waals surface area contributed by atoms with Gasteiger partial charge >= 0.3 is 5.97 Å². The van der Waals surface area contributed by atoms with Crippen molar-refractivity contribution in [2.24, 2.45) is 5.92 Å². The first-order chi connectivity index (χ1) is 11.2. The third-order valence-corrected chi connectivity index (χ3v) is 4.31. The number of hydrogen-bond donors (Lipinski definition) is 1. The van der Waals surface area contributed by atoms with Crippen LogP contribution in [0.1, 0.15) is 78.1 Å². The summed E-state index contributed by atoms with van der Waals surface area (Å²) in [5, 5.41) is 0. The van der Waals surface area contributed by atoms with Crippen molar-refractivity contribution in [2.75, 3.05) is 5.73 Å². The fourth-order valence-corrected chi connectivity index (χ4v) is 2.79. The van der Waals surface area contributed by atoms with E-state index in [1.807, 2.05) is 0 Å². The van der Waals surface area contributed by atoms with Crippen molar-refractivity contribution in [3.8, 4) is 5.75 Å². The molecule has 1 rings (SSSR count). The summed E-state index contributed by atoms with van der Waals surface area (Å²) in [4.78, 5) is 12.2. The number of rotatable bonds is 12. The smallest absolute Gasteiger partial charge is 0.314 e. The largest absolute Gasteiger partial charge is 0.426 e. The lowest BCUT2D eigenvalue weighted by atomic mass is 9.98. The molecule has 23 heavy (non-hydrogen) atoms. The van der Waals surface area contributed by atoms with Crippen molar-refractivity contribution in [1.82, 2.24) is 0 Å². The van der Waals surface area contributed by atoms with Crippen molar-refractivity contribution >= 4 is 11.7 Å². The zero-order valence-corrected chi connectivity index (χ0v) is 14.9. The lowest BCUT2D eigenvalue weighted by molar-refractivity contribution is -0.139. The highest BCUT2D eigenvalue weighted by atomic mass is 16.5. The molecule has 0 saturated heterocycles. The molecule has 1 aromatic rings. The van der Waals surface area contributed by atoms with Gasteiger partial charge in [-0.15, -0.1) is 0 Å². The van der Waals surface area contributed by atoms with E-state index >= 15 is 0 Å². The summed E-state index contributed by atoms with van der Waals surface area (Å²) in [6.45, 7) is 4.30. The van der Waals surface area contributed by atoms with Gasteiger partial charge in [-0.05, 0) is 25.0 Å². The number of nitrogens with two attached hydrogens (primary N) is 1. The second-order valence-electron chi connectivity index (χ2n) is 6.36. The number of unbranched alkanes of at least 4 members (excludes halogenated alkanes) is 7. The van der Waals surface area contributed by atoms with Gasteiger partial charge in [0.2, 0.25) is 0 Å². The van der Waals surface area contributed by atoms with Crippen LogP contribution in [-0.2, 0) is 4.79 Å². The minimum atomic E-state index is -0.124. The molecule has 0 aliphatic carbocycles. The summed E-state index contributed by atoms with van der Waals surface area (Å²) in [7, 11) is 0. The fraction of sp³-hybridized carbons (Fsp3) is 0.650. The van der Waals surface area contributed by atoms with Crippen molar-refractivity contribution in [1.29, 1.82) is 0 Å². The zero-order chi connectivity index (χ0) is 16.9. The average molecular weight is 319 g/mol. The number of carbonyl (C=O) groups excluding carboxylic acids is 1. The molecule has 0 aliphatic rings. The van der Waals surface area contributed by atoms with E-state index in [0.717, 1.165) is 19.3 Å². The Morgan fingerprint density at radius 1 is 1.04 bits per heavy atom. The van der Waals surface area contributed by atoms with Crippen LogP contribution in [0.5, 0.6) is 5.75 Å². The van der Waals surface area contributed by atoms with E-state index in [4.69, 9.17) is 10.5 Å². The van der Waals surface area contributed by atoms with E-state index in [1.54, 1.807) is 24.3 Å². The highest BCUT2D eigenvalue weighted by Crippen LogP contribution is 2.20. The maximum atomic E-state index is 12.2. The maximum Gasteiger partial charge on any atom is 0.314 e. The van der Waals surface area contributed by atoms with Crippen LogP contribution in [-0.4, -0.2) is 5.97 Å². The molecule has 3 nitrogen and oxygen atoms in total. The van der Waals surface area contributed by atoms with Crippen LogP contribution >= 0.6 is 0 Å². The van der Waals surface area contributed by atoms with E-state index in [1.165, 1.54) is 44.9 Å². The summed E-state index contributed by atoms with van der Waals surface area (Å²) in [5.74, 6) is 0.418. The Hall–Kier alpha value is -1.51. The summed E-state index contributed by atoms with van der Waals surface area (Å²) >= 11 is 0. The number of ether oxygens (including phenoxy) is 1. The number of carbonyl (C=O) groups is 1. The third-order valence-electron chi connectivity index (χ3n) is 4.31. The molecule has 0 aliphatic heterocycles. The monoisotopic (exact) mass is 319 g/mol. The van der Waals surface area contributed by atoms with Crippen LogP contribution in [0.2, 0.25) is 0 Å².